The predicted molar refractivity (Wildman–Crippen MR) is 97.2 cm³/mol. The van der Waals surface area contributed by atoms with Crippen LogP contribution in [0.2, 0.25) is 0 Å². The molecular formula is C17H26N2O5S. The van der Waals surface area contributed by atoms with Crippen LogP contribution in [0.1, 0.15) is 26.2 Å². The van der Waals surface area contributed by atoms with Crippen LogP contribution in [0, 0.1) is 0 Å². The lowest BCUT2D eigenvalue weighted by atomic mass is 10.2. The van der Waals surface area contributed by atoms with Crippen molar-refractivity contribution in [1.82, 2.24) is 4.90 Å². The summed E-state index contributed by atoms with van der Waals surface area (Å²) < 4.78 is 34.6. The monoisotopic (exact) mass is 370 g/mol. The first-order valence-electron chi connectivity index (χ1n) is 8.31. The molecule has 1 aliphatic rings. The summed E-state index contributed by atoms with van der Waals surface area (Å²) in [4.78, 5) is 14.0. The maximum atomic E-state index is 12.5. The van der Waals surface area contributed by atoms with E-state index in [1.807, 2.05) is 6.92 Å². The Hall–Kier alpha value is -1.96. The zero-order valence-electron chi connectivity index (χ0n) is 15.1. The molecule has 1 aromatic carbocycles. The van der Waals surface area contributed by atoms with Gasteiger partial charge in [0.2, 0.25) is 0 Å². The van der Waals surface area contributed by atoms with E-state index in [0.717, 1.165) is 6.42 Å². The van der Waals surface area contributed by atoms with E-state index in [0.29, 0.717) is 36.6 Å². The summed E-state index contributed by atoms with van der Waals surface area (Å²) in [5, 5.41) is 2.30. The quantitative estimate of drug-likeness (QED) is 0.832. The molecule has 0 heterocycles. The second kappa shape index (κ2) is 7.95. The molecule has 1 fully saturated rings. The third-order valence-electron chi connectivity index (χ3n) is 4.50. The lowest BCUT2D eigenvalue weighted by Gasteiger charge is -2.29. The van der Waals surface area contributed by atoms with Crippen LogP contribution in [0.4, 0.5) is 10.5 Å². The Balaban J connectivity index is 2.12. The molecule has 1 aromatic rings. The zero-order chi connectivity index (χ0) is 18.6. The van der Waals surface area contributed by atoms with Crippen LogP contribution < -0.4 is 14.8 Å². The molecule has 0 radical (unpaired) electrons. The van der Waals surface area contributed by atoms with Crippen molar-refractivity contribution in [3.8, 4) is 11.5 Å². The predicted octanol–water partition coefficient (Wildman–Crippen LogP) is 2.52. The van der Waals surface area contributed by atoms with E-state index in [4.69, 9.17) is 9.47 Å². The van der Waals surface area contributed by atoms with Gasteiger partial charge in [-0.3, -0.25) is 0 Å². The SMILES string of the molecule is CCOc1cc(NC(=O)N(C)[C@@H]2CCC[C@H]2S(C)(=O)=O)ccc1OC. The van der Waals surface area contributed by atoms with E-state index in [9.17, 15) is 13.2 Å². The molecule has 0 spiro atoms. The van der Waals surface area contributed by atoms with Crippen LogP contribution in [0.25, 0.3) is 0 Å². The molecule has 7 nitrogen and oxygen atoms in total. The summed E-state index contributed by atoms with van der Waals surface area (Å²) >= 11 is 0. The molecule has 0 aromatic heterocycles. The largest absolute Gasteiger partial charge is 0.493 e. The van der Waals surface area contributed by atoms with Gasteiger partial charge in [-0.05, 0) is 38.3 Å². The molecule has 0 unspecified atom stereocenters. The minimum Gasteiger partial charge on any atom is -0.493 e. The first kappa shape index (κ1) is 19.4. The number of hydrogen-bond donors (Lipinski definition) is 1. The molecule has 8 heteroatoms. The van der Waals surface area contributed by atoms with Crippen molar-refractivity contribution in [2.45, 2.75) is 37.5 Å². The standard InChI is InChI=1S/C17H26N2O5S/c1-5-24-15-11-12(9-10-14(15)23-3)18-17(20)19(2)13-7-6-8-16(13)25(4,21)22/h9-11,13,16H,5-8H2,1-4H3,(H,18,20)/t13-,16-/m1/s1. The summed E-state index contributed by atoms with van der Waals surface area (Å²) in [6.45, 7) is 2.34. The highest BCUT2D eigenvalue weighted by molar-refractivity contribution is 7.91. The molecule has 2 amide bonds. The molecule has 1 saturated carbocycles. The van der Waals surface area contributed by atoms with Crippen LogP contribution in [0.15, 0.2) is 18.2 Å². The number of nitrogens with one attached hydrogen (secondary N) is 1. The fourth-order valence-electron chi connectivity index (χ4n) is 3.23. The maximum Gasteiger partial charge on any atom is 0.321 e. The van der Waals surface area contributed by atoms with Crippen molar-refractivity contribution in [2.24, 2.45) is 0 Å². The summed E-state index contributed by atoms with van der Waals surface area (Å²) in [5.41, 5.74) is 0.565. The van der Waals surface area contributed by atoms with Crippen LogP contribution in [-0.4, -0.2) is 57.7 Å². The molecule has 0 saturated heterocycles. The van der Waals surface area contributed by atoms with Crippen molar-refractivity contribution >= 4 is 21.6 Å². The average molecular weight is 370 g/mol. The minimum atomic E-state index is -3.18. The number of amides is 2. The van der Waals surface area contributed by atoms with Crippen molar-refractivity contribution in [3.63, 3.8) is 0 Å². The molecule has 0 aliphatic heterocycles. The molecule has 25 heavy (non-hydrogen) atoms. The Morgan fingerprint density at radius 3 is 2.64 bits per heavy atom. The first-order chi connectivity index (χ1) is 11.8. The Kier molecular flexibility index (Phi) is 6.16. The summed E-state index contributed by atoms with van der Waals surface area (Å²) in [6.07, 6.45) is 3.32. The van der Waals surface area contributed by atoms with Crippen molar-refractivity contribution < 1.29 is 22.7 Å². The molecule has 2 rings (SSSR count). The molecule has 1 N–H and O–H groups in total. The van der Waals surface area contributed by atoms with E-state index in [2.05, 4.69) is 5.32 Å². The van der Waals surface area contributed by atoms with Crippen LogP contribution >= 0.6 is 0 Å². The molecule has 0 bridgehead atoms. The Morgan fingerprint density at radius 2 is 2.04 bits per heavy atom. The molecular weight excluding hydrogens is 344 g/mol. The van der Waals surface area contributed by atoms with Gasteiger partial charge in [0.25, 0.3) is 0 Å². The molecule has 1 aliphatic carbocycles. The second-order valence-corrected chi connectivity index (χ2v) is 8.47. The number of methoxy groups -OCH3 is 1. The number of nitrogens with zero attached hydrogens (tertiary/aromatic N) is 1. The topological polar surface area (TPSA) is 84.9 Å². The highest BCUT2D eigenvalue weighted by atomic mass is 32.2. The van der Waals surface area contributed by atoms with Crippen LogP contribution in [0.5, 0.6) is 11.5 Å². The van der Waals surface area contributed by atoms with E-state index < -0.39 is 15.1 Å². The van der Waals surface area contributed by atoms with Gasteiger partial charge in [-0.15, -0.1) is 0 Å². The van der Waals surface area contributed by atoms with Gasteiger partial charge in [0, 0.05) is 31.1 Å². The Labute approximate surface area is 149 Å². The third kappa shape index (κ3) is 4.56. The number of sulfone groups is 1. The molecule has 2 atom stereocenters. The fraction of sp³-hybridized carbons (Fsp3) is 0.588. The van der Waals surface area contributed by atoms with E-state index in [1.165, 1.54) is 11.2 Å². The van der Waals surface area contributed by atoms with Crippen molar-refractivity contribution in [1.29, 1.82) is 0 Å². The van der Waals surface area contributed by atoms with Crippen molar-refractivity contribution in [2.75, 3.05) is 32.3 Å². The van der Waals surface area contributed by atoms with Gasteiger partial charge in [0.1, 0.15) is 0 Å². The zero-order valence-corrected chi connectivity index (χ0v) is 15.9. The summed E-state index contributed by atoms with van der Waals surface area (Å²) in [6, 6.07) is 4.48. The van der Waals surface area contributed by atoms with E-state index in [-0.39, 0.29) is 12.1 Å². The summed E-state index contributed by atoms with van der Waals surface area (Å²) in [5.74, 6) is 1.13. The van der Waals surface area contributed by atoms with Crippen molar-refractivity contribution in [3.05, 3.63) is 18.2 Å². The van der Waals surface area contributed by atoms with Gasteiger partial charge in [-0.2, -0.15) is 0 Å². The number of rotatable bonds is 6. The van der Waals surface area contributed by atoms with Gasteiger partial charge in [-0.1, -0.05) is 0 Å². The number of benzene rings is 1. The van der Waals surface area contributed by atoms with Crippen LogP contribution in [-0.2, 0) is 9.84 Å². The lowest BCUT2D eigenvalue weighted by Crippen LogP contribution is -2.46. The Morgan fingerprint density at radius 1 is 1.32 bits per heavy atom. The maximum absolute atomic E-state index is 12.5. The molecule has 140 valence electrons. The van der Waals surface area contributed by atoms with Crippen LogP contribution in [0.3, 0.4) is 0 Å². The Bertz CT molecular complexity index is 720. The minimum absolute atomic E-state index is 0.306. The number of ether oxygens (including phenoxy) is 2. The smallest absolute Gasteiger partial charge is 0.321 e. The van der Waals surface area contributed by atoms with E-state index >= 15 is 0 Å². The highest BCUT2D eigenvalue weighted by Gasteiger charge is 2.38. The average Bonchev–Trinajstić information content (AvgIpc) is 3.04. The number of urea groups is 1. The highest BCUT2D eigenvalue weighted by Crippen LogP contribution is 2.31. The number of anilines is 1. The van der Waals surface area contributed by atoms with Gasteiger partial charge in [0.05, 0.1) is 19.0 Å². The van der Waals surface area contributed by atoms with Gasteiger partial charge in [0.15, 0.2) is 21.3 Å². The lowest BCUT2D eigenvalue weighted by molar-refractivity contribution is 0.205. The van der Waals surface area contributed by atoms with Gasteiger partial charge < -0.3 is 19.7 Å². The second-order valence-electron chi connectivity index (χ2n) is 6.21. The van der Waals surface area contributed by atoms with E-state index in [1.54, 1.807) is 32.4 Å². The normalized spacial score (nSPS) is 20.2. The first-order valence-corrected chi connectivity index (χ1v) is 10.3. The van der Waals surface area contributed by atoms with Gasteiger partial charge >= 0.3 is 6.03 Å². The number of carbonyl (C=O) groups is 1. The number of hydrogen-bond acceptors (Lipinski definition) is 5. The van der Waals surface area contributed by atoms with Gasteiger partial charge in [-0.25, -0.2) is 13.2 Å². The third-order valence-corrected chi connectivity index (χ3v) is 6.15. The fourth-order valence-corrected chi connectivity index (χ4v) is 4.72. The summed E-state index contributed by atoms with van der Waals surface area (Å²) in [7, 11) is 0.00192. The number of carbonyl (C=O) groups excluding carboxylic acids is 1.